The molecule has 1 aromatic carbocycles. The van der Waals surface area contributed by atoms with Crippen molar-refractivity contribution in [3.63, 3.8) is 0 Å². The Morgan fingerprint density at radius 3 is 2.14 bits per heavy atom. The molecule has 1 aromatic rings. The Kier molecular flexibility index (Phi) is 10.2. The van der Waals surface area contributed by atoms with Crippen LogP contribution >= 0.6 is 0 Å². The van der Waals surface area contributed by atoms with Gasteiger partial charge in [-0.25, -0.2) is 0 Å². The van der Waals surface area contributed by atoms with Crippen molar-refractivity contribution in [3.8, 4) is 0 Å². The largest absolute Gasteiger partial charge is 0.271 e. The topological polar surface area (TPSA) is 38.0 Å². The fourth-order valence-corrected chi connectivity index (χ4v) is 2.89. The summed E-state index contributed by atoms with van der Waals surface area (Å²) in [6.45, 7) is 4.41. The number of unbranched alkanes of at least 4 members (excludes halogenated alkanes) is 8. The molecule has 0 aliphatic heterocycles. The third-order valence-corrected chi connectivity index (χ3v) is 4.24. The molecular formula is C19H34N2. The minimum Gasteiger partial charge on any atom is -0.271 e. The van der Waals surface area contributed by atoms with E-state index >= 15 is 0 Å². The predicted octanol–water partition coefficient (Wildman–Crippen LogP) is 5.42. The maximum absolute atomic E-state index is 5.71. The van der Waals surface area contributed by atoms with Gasteiger partial charge in [-0.2, -0.15) is 0 Å². The maximum Gasteiger partial charge on any atom is 0.0460 e. The van der Waals surface area contributed by atoms with E-state index in [1.165, 1.54) is 68.9 Å². The second kappa shape index (κ2) is 11.8. The molecule has 0 aliphatic carbocycles. The molecule has 0 radical (unpaired) electrons. The van der Waals surface area contributed by atoms with Gasteiger partial charge in [0.1, 0.15) is 0 Å². The predicted molar refractivity (Wildman–Crippen MR) is 93.1 cm³/mol. The van der Waals surface area contributed by atoms with Gasteiger partial charge in [-0.1, -0.05) is 94.5 Å². The van der Waals surface area contributed by atoms with Gasteiger partial charge in [0.25, 0.3) is 0 Å². The normalized spacial score (nSPS) is 12.5. The number of nitrogens with one attached hydrogen (secondary N) is 1. The minimum atomic E-state index is 0.300. The van der Waals surface area contributed by atoms with Crippen LogP contribution in [0.5, 0.6) is 0 Å². The summed E-state index contributed by atoms with van der Waals surface area (Å²) in [6.07, 6.45) is 13.5. The lowest BCUT2D eigenvalue weighted by Gasteiger charge is -2.16. The molecule has 0 heterocycles. The summed E-state index contributed by atoms with van der Waals surface area (Å²) in [5, 5.41) is 0. The van der Waals surface area contributed by atoms with Crippen LogP contribution < -0.4 is 11.3 Å². The number of hydrogen-bond acceptors (Lipinski definition) is 2. The first-order valence-electron chi connectivity index (χ1n) is 8.80. The third kappa shape index (κ3) is 8.23. The van der Waals surface area contributed by atoms with Gasteiger partial charge >= 0.3 is 0 Å². The molecule has 0 fully saturated rings. The van der Waals surface area contributed by atoms with E-state index in [1.807, 2.05) is 0 Å². The molecule has 1 rings (SSSR count). The first-order chi connectivity index (χ1) is 10.3. The van der Waals surface area contributed by atoms with Gasteiger partial charge in [0.05, 0.1) is 0 Å². The monoisotopic (exact) mass is 290 g/mol. The molecule has 0 spiro atoms. The van der Waals surface area contributed by atoms with Crippen LogP contribution in [0.15, 0.2) is 24.3 Å². The van der Waals surface area contributed by atoms with Crippen molar-refractivity contribution in [1.82, 2.24) is 5.43 Å². The standard InChI is InChI=1S/C19H34N2/c1-3-4-5-6-7-8-9-10-11-15-19(21-20)18-14-12-13-17(2)16-18/h12-14,16,19,21H,3-11,15,20H2,1-2H3. The molecule has 0 aliphatic rings. The van der Waals surface area contributed by atoms with E-state index in [0.717, 1.165) is 6.42 Å². The van der Waals surface area contributed by atoms with Crippen LogP contribution in [0.25, 0.3) is 0 Å². The molecule has 0 saturated heterocycles. The van der Waals surface area contributed by atoms with Crippen molar-refractivity contribution in [3.05, 3.63) is 35.4 Å². The van der Waals surface area contributed by atoms with Gasteiger partial charge < -0.3 is 0 Å². The van der Waals surface area contributed by atoms with Crippen LogP contribution in [-0.2, 0) is 0 Å². The molecule has 1 unspecified atom stereocenters. The van der Waals surface area contributed by atoms with Crippen molar-refractivity contribution in [2.24, 2.45) is 5.84 Å². The van der Waals surface area contributed by atoms with Crippen molar-refractivity contribution < 1.29 is 0 Å². The van der Waals surface area contributed by atoms with Gasteiger partial charge in [0.15, 0.2) is 0 Å². The number of rotatable bonds is 12. The highest BCUT2D eigenvalue weighted by Crippen LogP contribution is 2.20. The molecule has 120 valence electrons. The fraction of sp³-hybridized carbons (Fsp3) is 0.684. The molecule has 21 heavy (non-hydrogen) atoms. The Morgan fingerprint density at radius 2 is 1.57 bits per heavy atom. The van der Waals surface area contributed by atoms with Crippen LogP contribution in [0, 0.1) is 6.92 Å². The first kappa shape index (κ1) is 18.2. The quantitative estimate of drug-likeness (QED) is 0.306. The lowest BCUT2D eigenvalue weighted by molar-refractivity contribution is 0.474. The Hall–Kier alpha value is -0.860. The Morgan fingerprint density at radius 1 is 0.952 bits per heavy atom. The number of hydrazine groups is 1. The fourth-order valence-electron chi connectivity index (χ4n) is 2.89. The lowest BCUT2D eigenvalue weighted by Crippen LogP contribution is -2.28. The highest BCUT2D eigenvalue weighted by atomic mass is 15.2. The van der Waals surface area contributed by atoms with E-state index in [9.17, 15) is 0 Å². The zero-order chi connectivity index (χ0) is 15.3. The van der Waals surface area contributed by atoms with E-state index in [-0.39, 0.29) is 0 Å². The summed E-state index contributed by atoms with van der Waals surface area (Å²) in [4.78, 5) is 0. The smallest absolute Gasteiger partial charge is 0.0460 e. The van der Waals surface area contributed by atoms with Crippen molar-refractivity contribution in [1.29, 1.82) is 0 Å². The molecule has 3 N–H and O–H groups in total. The molecule has 2 heteroatoms. The SMILES string of the molecule is CCCCCCCCCCCC(NN)c1cccc(C)c1. The summed E-state index contributed by atoms with van der Waals surface area (Å²) in [7, 11) is 0. The zero-order valence-corrected chi connectivity index (χ0v) is 14.0. The summed E-state index contributed by atoms with van der Waals surface area (Å²) in [6, 6.07) is 8.96. The molecule has 2 nitrogen and oxygen atoms in total. The molecule has 0 amide bonds. The van der Waals surface area contributed by atoms with Crippen LogP contribution in [0.1, 0.15) is 88.3 Å². The highest BCUT2D eigenvalue weighted by Gasteiger charge is 2.08. The summed E-state index contributed by atoms with van der Waals surface area (Å²) >= 11 is 0. The number of hydrogen-bond donors (Lipinski definition) is 2. The van der Waals surface area contributed by atoms with E-state index < -0.39 is 0 Å². The molecule has 1 atom stereocenters. The lowest BCUT2D eigenvalue weighted by atomic mass is 9.98. The van der Waals surface area contributed by atoms with Gasteiger partial charge in [0.2, 0.25) is 0 Å². The second-order valence-corrected chi connectivity index (χ2v) is 6.25. The maximum atomic E-state index is 5.71. The average Bonchev–Trinajstić information content (AvgIpc) is 2.49. The van der Waals surface area contributed by atoms with Gasteiger partial charge in [0, 0.05) is 6.04 Å². The zero-order valence-electron chi connectivity index (χ0n) is 14.0. The van der Waals surface area contributed by atoms with Gasteiger partial charge in [-0.15, -0.1) is 0 Å². The molecule has 0 saturated carbocycles. The van der Waals surface area contributed by atoms with Gasteiger partial charge in [-0.3, -0.25) is 11.3 Å². The summed E-state index contributed by atoms with van der Waals surface area (Å²) in [5.74, 6) is 5.71. The van der Waals surface area contributed by atoms with E-state index in [1.54, 1.807) is 0 Å². The van der Waals surface area contributed by atoms with E-state index in [4.69, 9.17) is 5.84 Å². The summed E-state index contributed by atoms with van der Waals surface area (Å²) in [5.41, 5.74) is 5.59. The molecule has 0 bridgehead atoms. The van der Waals surface area contributed by atoms with Crippen LogP contribution in [0.4, 0.5) is 0 Å². The first-order valence-corrected chi connectivity index (χ1v) is 8.80. The van der Waals surface area contributed by atoms with Crippen LogP contribution in [0.3, 0.4) is 0 Å². The molecular weight excluding hydrogens is 256 g/mol. The molecule has 0 aromatic heterocycles. The number of nitrogens with two attached hydrogens (primary N) is 1. The van der Waals surface area contributed by atoms with E-state index in [2.05, 4.69) is 43.5 Å². The minimum absolute atomic E-state index is 0.300. The van der Waals surface area contributed by atoms with Crippen LogP contribution in [0.2, 0.25) is 0 Å². The Balaban J connectivity index is 2.10. The van der Waals surface area contributed by atoms with Crippen molar-refractivity contribution >= 4 is 0 Å². The van der Waals surface area contributed by atoms with Gasteiger partial charge in [-0.05, 0) is 18.9 Å². The number of aryl methyl sites for hydroxylation is 1. The summed E-state index contributed by atoms with van der Waals surface area (Å²) < 4.78 is 0. The van der Waals surface area contributed by atoms with Crippen LogP contribution in [-0.4, -0.2) is 0 Å². The van der Waals surface area contributed by atoms with Crippen molar-refractivity contribution in [2.45, 2.75) is 84.1 Å². The highest BCUT2D eigenvalue weighted by molar-refractivity contribution is 5.24. The van der Waals surface area contributed by atoms with E-state index in [0.29, 0.717) is 6.04 Å². The number of benzene rings is 1. The third-order valence-electron chi connectivity index (χ3n) is 4.24. The average molecular weight is 290 g/mol. The Labute approximate surface area is 131 Å². The second-order valence-electron chi connectivity index (χ2n) is 6.25. The Bertz CT molecular complexity index is 362. The van der Waals surface area contributed by atoms with Crippen molar-refractivity contribution in [2.75, 3.05) is 0 Å².